The molecule has 2 aromatic carbocycles. The Kier molecular flexibility index (Phi) is 3.79. The van der Waals surface area contributed by atoms with Crippen LogP contribution in [0.4, 0.5) is 10.1 Å². The molecule has 0 spiro atoms. The molecule has 0 fully saturated rings. The molecule has 2 aromatic rings. The van der Waals surface area contributed by atoms with Gasteiger partial charge in [0.25, 0.3) is 0 Å². The van der Waals surface area contributed by atoms with Crippen molar-refractivity contribution in [3.8, 4) is 11.1 Å². The third-order valence-electron chi connectivity index (χ3n) is 2.70. The molecule has 0 aromatic heterocycles. The maximum Gasteiger partial charge on any atom is 0.133 e. The van der Waals surface area contributed by atoms with Crippen molar-refractivity contribution in [2.24, 2.45) is 0 Å². The summed E-state index contributed by atoms with van der Waals surface area (Å²) >= 11 is 11.8. The molecule has 0 bridgehead atoms. The SMILES string of the molecule is CN(C)c1ccc(-c2ccc(Cl)c(Cl)c2)c(F)c1. The fourth-order valence-electron chi connectivity index (χ4n) is 1.68. The third-order valence-corrected chi connectivity index (χ3v) is 3.44. The lowest BCUT2D eigenvalue weighted by Gasteiger charge is -2.14. The van der Waals surface area contributed by atoms with Gasteiger partial charge in [-0.05, 0) is 35.9 Å². The molecule has 0 aliphatic carbocycles. The molecule has 2 rings (SSSR count). The number of benzene rings is 2. The predicted octanol–water partition coefficient (Wildman–Crippen LogP) is 4.87. The molecule has 0 saturated carbocycles. The summed E-state index contributed by atoms with van der Waals surface area (Å²) in [7, 11) is 3.74. The van der Waals surface area contributed by atoms with Crippen molar-refractivity contribution < 1.29 is 4.39 Å². The van der Waals surface area contributed by atoms with Gasteiger partial charge in [0.05, 0.1) is 10.0 Å². The summed E-state index contributed by atoms with van der Waals surface area (Å²) in [5.41, 5.74) is 2.04. The van der Waals surface area contributed by atoms with Gasteiger partial charge in [-0.15, -0.1) is 0 Å². The number of hydrogen-bond donors (Lipinski definition) is 0. The molecule has 0 radical (unpaired) electrons. The fraction of sp³-hybridized carbons (Fsp3) is 0.143. The molecule has 0 aliphatic rings. The van der Waals surface area contributed by atoms with Crippen molar-refractivity contribution in [2.45, 2.75) is 0 Å². The monoisotopic (exact) mass is 283 g/mol. The van der Waals surface area contributed by atoms with Crippen LogP contribution in [0.3, 0.4) is 0 Å². The second-order valence-corrected chi connectivity index (χ2v) is 5.00. The van der Waals surface area contributed by atoms with Crippen LogP contribution >= 0.6 is 23.2 Å². The van der Waals surface area contributed by atoms with Gasteiger partial charge < -0.3 is 4.90 Å². The zero-order valence-electron chi connectivity index (χ0n) is 10.0. The highest BCUT2D eigenvalue weighted by Gasteiger charge is 2.08. The second-order valence-electron chi connectivity index (χ2n) is 4.19. The zero-order chi connectivity index (χ0) is 13.3. The minimum atomic E-state index is -0.278. The van der Waals surface area contributed by atoms with Crippen molar-refractivity contribution in [3.63, 3.8) is 0 Å². The van der Waals surface area contributed by atoms with E-state index in [1.807, 2.05) is 25.1 Å². The normalized spacial score (nSPS) is 10.5. The number of rotatable bonds is 2. The molecule has 1 nitrogen and oxygen atoms in total. The Hall–Kier alpha value is -1.25. The quantitative estimate of drug-likeness (QED) is 0.760. The van der Waals surface area contributed by atoms with Crippen LogP contribution in [0.5, 0.6) is 0 Å². The minimum absolute atomic E-state index is 0.278. The molecular formula is C14H12Cl2FN. The molecule has 0 aliphatic heterocycles. The van der Waals surface area contributed by atoms with E-state index >= 15 is 0 Å². The van der Waals surface area contributed by atoms with Gasteiger partial charge in [0.1, 0.15) is 5.82 Å². The smallest absolute Gasteiger partial charge is 0.133 e. The van der Waals surface area contributed by atoms with Gasteiger partial charge in [0.2, 0.25) is 0 Å². The lowest BCUT2D eigenvalue weighted by atomic mass is 10.0. The second kappa shape index (κ2) is 5.17. The number of nitrogens with zero attached hydrogens (tertiary/aromatic N) is 1. The first-order valence-corrected chi connectivity index (χ1v) is 6.17. The van der Waals surface area contributed by atoms with E-state index in [9.17, 15) is 4.39 Å². The van der Waals surface area contributed by atoms with E-state index in [1.165, 1.54) is 6.07 Å². The standard InChI is InChI=1S/C14H12Cl2FN/c1-18(2)10-4-5-11(14(17)8-10)9-3-6-12(15)13(16)7-9/h3-8H,1-2H3. The van der Waals surface area contributed by atoms with Crippen LogP contribution in [-0.2, 0) is 0 Å². The van der Waals surface area contributed by atoms with E-state index in [0.29, 0.717) is 21.2 Å². The van der Waals surface area contributed by atoms with E-state index in [-0.39, 0.29) is 5.82 Å². The lowest BCUT2D eigenvalue weighted by molar-refractivity contribution is 0.631. The average molecular weight is 284 g/mol. The maximum atomic E-state index is 14.0. The van der Waals surface area contributed by atoms with E-state index in [1.54, 1.807) is 24.3 Å². The predicted molar refractivity (Wildman–Crippen MR) is 76.2 cm³/mol. The first kappa shape index (κ1) is 13.2. The van der Waals surface area contributed by atoms with Crippen LogP contribution in [0.2, 0.25) is 10.0 Å². The van der Waals surface area contributed by atoms with Gasteiger partial charge in [0, 0.05) is 25.3 Å². The molecule has 0 saturated heterocycles. The summed E-state index contributed by atoms with van der Waals surface area (Å²) in [4.78, 5) is 1.85. The van der Waals surface area contributed by atoms with Crippen LogP contribution in [0.15, 0.2) is 36.4 Å². The van der Waals surface area contributed by atoms with Crippen LogP contribution < -0.4 is 4.90 Å². The molecule has 0 heterocycles. The Balaban J connectivity index is 2.47. The maximum absolute atomic E-state index is 14.0. The van der Waals surface area contributed by atoms with E-state index in [4.69, 9.17) is 23.2 Å². The topological polar surface area (TPSA) is 3.24 Å². The van der Waals surface area contributed by atoms with Gasteiger partial charge in [-0.25, -0.2) is 4.39 Å². The van der Waals surface area contributed by atoms with E-state index < -0.39 is 0 Å². The summed E-state index contributed by atoms with van der Waals surface area (Å²) in [5, 5.41) is 0.885. The van der Waals surface area contributed by atoms with E-state index in [2.05, 4.69) is 0 Å². The summed E-state index contributed by atoms with van der Waals surface area (Å²) < 4.78 is 14.0. The average Bonchev–Trinajstić information content (AvgIpc) is 2.32. The first-order chi connectivity index (χ1) is 8.49. The molecular weight excluding hydrogens is 272 g/mol. The van der Waals surface area contributed by atoms with Gasteiger partial charge in [-0.1, -0.05) is 29.3 Å². The van der Waals surface area contributed by atoms with Crippen molar-refractivity contribution >= 4 is 28.9 Å². The summed E-state index contributed by atoms with van der Waals surface area (Å²) in [6.07, 6.45) is 0. The Morgan fingerprint density at radius 2 is 1.67 bits per heavy atom. The Bertz CT molecular complexity index is 582. The highest BCUT2D eigenvalue weighted by Crippen LogP contribution is 2.31. The van der Waals surface area contributed by atoms with Crippen LogP contribution in [0, 0.1) is 5.82 Å². The Morgan fingerprint density at radius 1 is 0.944 bits per heavy atom. The molecule has 4 heteroatoms. The van der Waals surface area contributed by atoms with Gasteiger partial charge >= 0.3 is 0 Å². The zero-order valence-corrected chi connectivity index (χ0v) is 11.6. The number of hydrogen-bond acceptors (Lipinski definition) is 1. The molecule has 18 heavy (non-hydrogen) atoms. The Labute approximate surface area is 116 Å². The molecule has 0 unspecified atom stereocenters. The van der Waals surface area contributed by atoms with Gasteiger partial charge in [-0.2, -0.15) is 0 Å². The van der Waals surface area contributed by atoms with Crippen LogP contribution in [0.25, 0.3) is 11.1 Å². The van der Waals surface area contributed by atoms with Crippen molar-refractivity contribution in [1.82, 2.24) is 0 Å². The summed E-state index contributed by atoms with van der Waals surface area (Å²) in [6.45, 7) is 0. The highest BCUT2D eigenvalue weighted by molar-refractivity contribution is 6.42. The van der Waals surface area contributed by atoms with Crippen LogP contribution in [-0.4, -0.2) is 14.1 Å². The van der Waals surface area contributed by atoms with Crippen molar-refractivity contribution in [2.75, 3.05) is 19.0 Å². The lowest BCUT2D eigenvalue weighted by Crippen LogP contribution is -2.08. The highest BCUT2D eigenvalue weighted by atomic mass is 35.5. The summed E-state index contributed by atoms with van der Waals surface area (Å²) in [5.74, 6) is -0.278. The first-order valence-electron chi connectivity index (χ1n) is 5.41. The van der Waals surface area contributed by atoms with E-state index in [0.717, 1.165) is 5.69 Å². The van der Waals surface area contributed by atoms with Crippen molar-refractivity contribution in [1.29, 1.82) is 0 Å². The van der Waals surface area contributed by atoms with Gasteiger partial charge in [-0.3, -0.25) is 0 Å². The molecule has 94 valence electrons. The van der Waals surface area contributed by atoms with Crippen molar-refractivity contribution in [3.05, 3.63) is 52.3 Å². The summed E-state index contributed by atoms with van der Waals surface area (Å²) in [6, 6.07) is 10.2. The molecule has 0 atom stereocenters. The largest absolute Gasteiger partial charge is 0.378 e. The van der Waals surface area contributed by atoms with Gasteiger partial charge in [0.15, 0.2) is 0 Å². The number of anilines is 1. The third kappa shape index (κ3) is 2.60. The fourth-order valence-corrected chi connectivity index (χ4v) is 1.98. The number of halogens is 3. The molecule has 0 N–H and O–H groups in total. The minimum Gasteiger partial charge on any atom is -0.378 e. The Morgan fingerprint density at radius 3 is 2.22 bits per heavy atom. The van der Waals surface area contributed by atoms with Crippen LogP contribution in [0.1, 0.15) is 0 Å². The molecule has 0 amide bonds.